The van der Waals surface area contributed by atoms with Gasteiger partial charge in [-0.25, -0.2) is 0 Å². The molecule has 0 radical (unpaired) electrons. The topological polar surface area (TPSA) is 110 Å². The highest BCUT2D eigenvalue weighted by Crippen LogP contribution is 2.17. The lowest BCUT2D eigenvalue weighted by atomic mass is 10.00. The summed E-state index contributed by atoms with van der Waals surface area (Å²) in [6.07, 6.45) is 55.1. The number of rotatable bonds is 47. The van der Waals surface area contributed by atoms with Crippen LogP contribution in [0.2, 0.25) is 0 Å². The standard InChI is InChI=1S/C52H101NO5/c1-3-5-7-9-11-13-15-17-19-21-23-25-26-28-30-32-34-36-38-40-42-44-46-50(56)52(58)53-48(47-54)51(57)49(55)45-43-41-39-37-35-33-31-29-27-24-22-20-18-16-14-12-10-8-6-4-2/h29,31,37,39,48-51,54-57H,3-28,30,32-36,38,40-47H2,1-2H3,(H,53,58)/b31-29+,39-37+. The Bertz CT molecular complexity index is 878. The zero-order valence-electron chi connectivity index (χ0n) is 38.8. The molecule has 0 spiro atoms. The number of aliphatic hydroxyl groups excluding tert-OH is 4. The first-order chi connectivity index (χ1) is 28.5. The molecular formula is C52H101NO5. The molecule has 1 amide bonds. The van der Waals surface area contributed by atoms with Gasteiger partial charge in [0.2, 0.25) is 5.91 Å². The maximum atomic E-state index is 12.6. The molecule has 0 aromatic heterocycles. The van der Waals surface area contributed by atoms with Gasteiger partial charge in [-0.3, -0.25) is 4.79 Å². The van der Waals surface area contributed by atoms with E-state index in [2.05, 4.69) is 43.5 Å². The predicted molar refractivity (Wildman–Crippen MR) is 251 cm³/mol. The Morgan fingerprint density at radius 2 is 0.724 bits per heavy atom. The number of unbranched alkanes of at least 4 members (excludes halogenated alkanes) is 34. The molecule has 5 N–H and O–H groups in total. The van der Waals surface area contributed by atoms with Gasteiger partial charge in [-0.1, -0.05) is 244 Å². The number of allylic oxidation sites excluding steroid dienone is 4. The second-order valence-electron chi connectivity index (χ2n) is 17.9. The highest BCUT2D eigenvalue weighted by Gasteiger charge is 2.28. The van der Waals surface area contributed by atoms with Crippen molar-refractivity contribution < 1.29 is 25.2 Å². The molecule has 0 aliphatic heterocycles. The molecule has 6 nitrogen and oxygen atoms in total. The molecule has 0 saturated carbocycles. The maximum Gasteiger partial charge on any atom is 0.249 e. The summed E-state index contributed by atoms with van der Waals surface area (Å²) in [6, 6.07) is -1.01. The second-order valence-corrected chi connectivity index (χ2v) is 17.9. The van der Waals surface area contributed by atoms with Crippen LogP contribution in [0.1, 0.15) is 271 Å². The highest BCUT2D eigenvalue weighted by molar-refractivity contribution is 5.80. The Kier molecular flexibility index (Phi) is 45.9. The van der Waals surface area contributed by atoms with Crippen LogP contribution in [-0.2, 0) is 4.79 Å². The quantitative estimate of drug-likeness (QED) is 0.0310. The van der Waals surface area contributed by atoms with E-state index >= 15 is 0 Å². The Balaban J connectivity index is 3.70. The van der Waals surface area contributed by atoms with Gasteiger partial charge in [-0.2, -0.15) is 0 Å². The number of hydrogen-bond donors (Lipinski definition) is 5. The summed E-state index contributed by atoms with van der Waals surface area (Å²) < 4.78 is 0. The van der Waals surface area contributed by atoms with E-state index in [1.807, 2.05) is 0 Å². The van der Waals surface area contributed by atoms with Crippen molar-refractivity contribution in [3.05, 3.63) is 24.3 Å². The van der Waals surface area contributed by atoms with E-state index in [1.165, 1.54) is 199 Å². The SMILES string of the molecule is CCCCCCCCCCCCC/C=C/CC/C=C/CCCC(O)C(O)C(CO)NC(=O)C(O)CCCCCCCCCCCCCCCCCCCCCCCC. The van der Waals surface area contributed by atoms with Crippen molar-refractivity contribution in [1.29, 1.82) is 0 Å². The first-order valence-electron chi connectivity index (χ1n) is 25.7. The van der Waals surface area contributed by atoms with Gasteiger partial charge < -0.3 is 25.7 Å². The average molecular weight is 820 g/mol. The molecule has 0 bridgehead atoms. The van der Waals surface area contributed by atoms with Crippen molar-refractivity contribution in [2.45, 2.75) is 295 Å². The summed E-state index contributed by atoms with van der Waals surface area (Å²) in [5, 5.41) is 43.8. The fourth-order valence-electron chi connectivity index (χ4n) is 8.07. The van der Waals surface area contributed by atoms with E-state index in [4.69, 9.17) is 0 Å². The van der Waals surface area contributed by atoms with Gasteiger partial charge in [0.15, 0.2) is 0 Å². The van der Waals surface area contributed by atoms with Gasteiger partial charge >= 0.3 is 0 Å². The molecule has 0 aliphatic carbocycles. The lowest BCUT2D eigenvalue weighted by molar-refractivity contribution is -0.132. The van der Waals surface area contributed by atoms with Gasteiger partial charge in [0, 0.05) is 0 Å². The summed E-state index contributed by atoms with van der Waals surface area (Å²) in [6.45, 7) is 4.06. The monoisotopic (exact) mass is 820 g/mol. The summed E-state index contributed by atoms with van der Waals surface area (Å²) in [5.74, 6) is -0.593. The van der Waals surface area contributed by atoms with Crippen molar-refractivity contribution >= 4 is 5.91 Å². The molecule has 0 aromatic carbocycles. The zero-order valence-corrected chi connectivity index (χ0v) is 38.8. The Hall–Kier alpha value is -1.21. The van der Waals surface area contributed by atoms with Crippen LogP contribution in [0, 0.1) is 0 Å². The fraction of sp³-hybridized carbons (Fsp3) is 0.904. The Morgan fingerprint density at radius 3 is 1.09 bits per heavy atom. The highest BCUT2D eigenvalue weighted by atomic mass is 16.3. The molecule has 6 heteroatoms. The smallest absolute Gasteiger partial charge is 0.249 e. The largest absolute Gasteiger partial charge is 0.394 e. The van der Waals surface area contributed by atoms with Crippen LogP contribution in [0.25, 0.3) is 0 Å². The predicted octanol–water partition coefficient (Wildman–Crippen LogP) is 14.3. The minimum atomic E-state index is -1.29. The van der Waals surface area contributed by atoms with E-state index < -0.39 is 36.9 Å². The van der Waals surface area contributed by atoms with Crippen molar-refractivity contribution in [2.75, 3.05) is 6.61 Å². The number of amides is 1. The number of carbonyl (C=O) groups is 1. The van der Waals surface area contributed by atoms with Crippen LogP contribution in [0.4, 0.5) is 0 Å². The van der Waals surface area contributed by atoms with Gasteiger partial charge in [0.05, 0.1) is 18.8 Å². The van der Waals surface area contributed by atoms with E-state index in [0.717, 1.165) is 38.5 Å². The molecule has 58 heavy (non-hydrogen) atoms. The van der Waals surface area contributed by atoms with E-state index in [-0.39, 0.29) is 0 Å². The molecule has 344 valence electrons. The van der Waals surface area contributed by atoms with Crippen LogP contribution in [-0.4, -0.2) is 57.3 Å². The summed E-state index contributed by atoms with van der Waals surface area (Å²) >= 11 is 0. The average Bonchev–Trinajstić information content (AvgIpc) is 3.23. The van der Waals surface area contributed by atoms with Crippen LogP contribution < -0.4 is 5.32 Å². The minimum absolute atomic E-state index is 0.364. The molecule has 4 unspecified atom stereocenters. The normalized spacial score (nSPS) is 14.1. The van der Waals surface area contributed by atoms with Crippen molar-refractivity contribution in [3.8, 4) is 0 Å². The van der Waals surface area contributed by atoms with Gasteiger partial charge in [-0.15, -0.1) is 0 Å². The maximum absolute atomic E-state index is 12.6. The molecule has 4 atom stereocenters. The molecule has 0 aliphatic rings. The van der Waals surface area contributed by atoms with Crippen molar-refractivity contribution in [2.24, 2.45) is 0 Å². The van der Waals surface area contributed by atoms with Gasteiger partial charge in [-0.05, 0) is 51.4 Å². The first kappa shape index (κ1) is 56.8. The molecule has 0 saturated heterocycles. The van der Waals surface area contributed by atoms with Crippen molar-refractivity contribution in [1.82, 2.24) is 5.32 Å². The first-order valence-corrected chi connectivity index (χ1v) is 25.7. The van der Waals surface area contributed by atoms with Gasteiger partial charge in [0.25, 0.3) is 0 Å². The van der Waals surface area contributed by atoms with Crippen molar-refractivity contribution in [3.63, 3.8) is 0 Å². The summed E-state index contributed by atoms with van der Waals surface area (Å²) in [7, 11) is 0. The van der Waals surface area contributed by atoms with Crippen LogP contribution in [0.5, 0.6) is 0 Å². The number of carbonyl (C=O) groups excluding carboxylic acids is 1. The molecular weight excluding hydrogens is 719 g/mol. The van der Waals surface area contributed by atoms with Crippen LogP contribution in [0.3, 0.4) is 0 Å². The van der Waals surface area contributed by atoms with E-state index in [0.29, 0.717) is 19.3 Å². The molecule has 0 fully saturated rings. The summed E-state index contributed by atoms with van der Waals surface area (Å²) in [4.78, 5) is 12.6. The third-order valence-electron chi connectivity index (χ3n) is 12.1. The second kappa shape index (κ2) is 46.8. The van der Waals surface area contributed by atoms with E-state index in [1.54, 1.807) is 0 Å². The Labute approximate surface area is 361 Å². The number of nitrogens with one attached hydrogen (secondary N) is 1. The zero-order chi connectivity index (χ0) is 42.4. The number of hydrogen-bond acceptors (Lipinski definition) is 5. The third kappa shape index (κ3) is 40.2. The number of aliphatic hydroxyl groups is 4. The lowest BCUT2D eigenvalue weighted by Gasteiger charge is -2.27. The summed E-state index contributed by atoms with van der Waals surface area (Å²) in [5.41, 5.74) is 0. The van der Waals surface area contributed by atoms with Crippen LogP contribution >= 0.6 is 0 Å². The van der Waals surface area contributed by atoms with Gasteiger partial charge in [0.1, 0.15) is 12.2 Å². The van der Waals surface area contributed by atoms with E-state index in [9.17, 15) is 25.2 Å². The van der Waals surface area contributed by atoms with Crippen LogP contribution in [0.15, 0.2) is 24.3 Å². The fourth-order valence-corrected chi connectivity index (χ4v) is 8.07. The minimum Gasteiger partial charge on any atom is -0.394 e. The third-order valence-corrected chi connectivity index (χ3v) is 12.1. The molecule has 0 heterocycles. The molecule has 0 aromatic rings. The molecule has 0 rings (SSSR count). The Morgan fingerprint density at radius 1 is 0.414 bits per heavy atom. The lowest BCUT2D eigenvalue weighted by Crippen LogP contribution is -2.53.